The van der Waals surface area contributed by atoms with Crippen LogP contribution in [0.25, 0.3) is 0 Å². The Hall–Kier alpha value is -3.52. The molecule has 2 atom stereocenters. The lowest BCUT2D eigenvalue weighted by Crippen LogP contribution is -2.06. The van der Waals surface area contributed by atoms with Crippen LogP contribution in [0.5, 0.6) is 0 Å². The maximum absolute atomic E-state index is 6.13. The van der Waals surface area contributed by atoms with Crippen molar-refractivity contribution in [1.82, 2.24) is 0 Å². The quantitative estimate of drug-likeness (QED) is 0.0411. The number of nitrogens with two attached hydrogens (primary N) is 2. The zero-order valence-electron chi connectivity index (χ0n) is 36.1. The highest BCUT2D eigenvalue weighted by Crippen LogP contribution is 2.37. The van der Waals surface area contributed by atoms with E-state index in [-0.39, 0.29) is 0 Å². The molecule has 2 heteroatoms. The molecule has 0 fully saturated rings. The number of unbranched alkanes of at least 4 members (excludes halogenated alkanes) is 18. The Morgan fingerprint density at radius 2 is 0.446 bits per heavy atom. The lowest BCUT2D eigenvalue weighted by molar-refractivity contribution is 0.545. The molecular weight excluding hydrogens is 677 g/mol. The Kier molecular flexibility index (Phi) is 21.9. The van der Waals surface area contributed by atoms with Gasteiger partial charge in [0.15, 0.2) is 0 Å². The topological polar surface area (TPSA) is 52.0 Å². The second-order valence-electron chi connectivity index (χ2n) is 17.1. The number of anilines is 2. The number of benzene rings is 4. The molecule has 4 N–H and O–H groups in total. The van der Waals surface area contributed by atoms with E-state index < -0.39 is 0 Å². The van der Waals surface area contributed by atoms with Crippen LogP contribution in [0.15, 0.2) is 97.1 Å². The SMILES string of the molecule is CCCCCCCCCCCC(c1ccc(C(CCCCCCCC)c2ccc(N)cc2)cc1)c1ccc(C(CCCCCCCC)c2ccc(N)cc2)cc1. The van der Waals surface area contributed by atoms with E-state index in [2.05, 4.69) is 118 Å². The molecule has 0 spiro atoms. The van der Waals surface area contributed by atoms with E-state index in [1.165, 1.54) is 187 Å². The van der Waals surface area contributed by atoms with Crippen LogP contribution in [0.2, 0.25) is 0 Å². The number of hydrogen-bond acceptors (Lipinski definition) is 2. The van der Waals surface area contributed by atoms with Crippen molar-refractivity contribution in [2.45, 2.75) is 193 Å². The zero-order valence-corrected chi connectivity index (χ0v) is 36.1. The number of rotatable bonds is 30. The van der Waals surface area contributed by atoms with Crippen molar-refractivity contribution in [3.63, 3.8) is 0 Å². The first-order chi connectivity index (χ1) is 27.5. The van der Waals surface area contributed by atoms with E-state index in [1.807, 2.05) is 0 Å². The fourth-order valence-electron chi connectivity index (χ4n) is 8.87. The van der Waals surface area contributed by atoms with Gasteiger partial charge in [-0.05, 0) is 76.9 Å². The molecule has 0 bridgehead atoms. The minimum absolute atomic E-state index is 0.405. The molecular formula is C54H80N2. The summed E-state index contributed by atoms with van der Waals surface area (Å²) in [6.07, 6.45) is 31.7. The van der Waals surface area contributed by atoms with Gasteiger partial charge in [0.05, 0.1) is 0 Å². The lowest BCUT2D eigenvalue weighted by atomic mass is 9.81. The maximum atomic E-state index is 6.13. The molecule has 0 amide bonds. The Morgan fingerprint density at radius 1 is 0.268 bits per heavy atom. The average molecular weight is 757 g/mol. The van der Waals surface area contributed by atoms with E-state index >= 15 is 0 Å². The average Bonchev–Trinajstić information content (AvgIpc) is 3.22. The Labute approximate surface area is 344 Å². The molecule has 2 unspecified atom stereocenters. The summed E-state index contributed by atoms with van der Waals surface area (Å²) in [4.78, 5) is 0. The van der Waals surface area contributed by atoms with Crippen LogP contribution in [0, 0.1) is 0 Å². The first-order valence-electron chi connectivity index (χ1n) is 23.4. The van der Waals surface area contributed by atoms with Crippen LogP contribution in [-0.2, 0) is 0 Å². The molecule has 0 saturated carbocycles. The summed E-state index contributed by atoms with van der Waals surface area (Å²) in [6, 6.07) is 37.0. The lowest BCUT2D eigenvalue weighted by Gasteiger charge is -2.23. The minimum atomic E-state index is 0.405. The maximum Gasteiger partial charge on any atom is 0.0314 e. The normalized spacial score (nSPS) is 13.1. The Bertz CT molecular complexity index is 1430. The van der Waals surface area contributed by atoms with Gasteiger partial charge < -0.3 is 11.5 Å². The van der Waals surface area contributed by atoms with Gasteiger partial charge in [0.2, 0.25) is 0 Å². The predicted octanol–water partition coefficient (Wildman–Crippen LogP) is 16.7. The van der Waals surface area contributed by atoms with Crippen molar-refractivity contribution in [2.24, 2.45) is 0 Å². The molecule has 0 saturated heterocycles. The summed E-state index contributed by atoms with van der Waals surface area (Å²) in [5, 5.41) is 0. The van der Waals surface area contributed by atoms with Gasteiger partial charge >= 0.3 is 0 Å². The first-order valence-corrected chi connectivity index (χ1v) is 23.4. The number of hydrogen-bond donors (Lipinski definition) is 2. The van der Waals surface area contributed by atoms with Crippen LogP contribution < -0.4 is 11.5 Å². The Balaban J connectivity index is 1.53. The smallest absolute Gasteiger partial charge is 0.0314 e. The Morgan fingerprint density at radius 3 is 0.661 bits per heavy atom. The van der Waals surface area contributed by atoms with E-state index in [0.29, 0.717) is 17.8 Å². The summed E-state index contributed by atoms with van der Waals surface area (Å²) >= 11 is 0. The van der Waals surface area contributed by atoms with Gasteiger partial charge in [0.25, 0.3) is 0 Å². The third kappa shape index (κ3) is 16.1. The second-order valence-corrected chi connectivity index (χ2v) is 17.1. The van der Waals surface area contributed by atoms with Gasteiger partial charge in [-0.1, -0.05) is 228 Å². The molecule has 306 valence electrons. The molecule has 2 nitrogen and oxygen atoms in total. The monoisotopic (exact) mass is 757 g/mol. The summed E-state index contributed by atoms with van der Waals surface area (Å²) in [7, 11) is 0. The molecule has 4 aromatic carbocycles. The first kappa shape index (κ1) is 45.2. The van der Waals surface area contributed by atoms with Crippen molar-refractivity contribution in [3.05, 3.63) is 130 Å². The van der Waals surface area contributed by atoms with Crippen LogP contribution in [0.3, 0.4) is 0 Å². The van der Waals surface area contributed by atoms with Crippen LogP contribution >= 0.6 is 0 Å². The van der Waals surface area contributed by atoms with Crippen molar-refractivity contribution in [3.8, 4) is 0 Å². The van der Waals surface area contributed by atoms with Gasteiger partial charge in [0, 0.05) is 29.1 Å². The summed E-state index contributed by atoms with van der Waals surface area (Å²) < 4.78 is 0. The van der Waals surface area contributed by atoms with Gasteiger partial charge in [0.1, 0.15) is 0 Å². The van der Waals surface area contributed by atoms with Gasteiger partial charge in [-0.25, -0.2) is 0 Å². The van der Waals surface area contributed by atoms with E-state index in [1.54, 1.807) is 0 Å². The van der Waals surface area contributed by atoms with Crippen LogP contribution in [0.4, 0.5) is 11.4 Å². The van der Waals surface area contributed by atoms with Gasteiger partial charge in [-0.15, -0.1) is 0 Å². The van der Waals surface area contributed by atoms with Crippen LogP contribution in [-0.4, -0.2) is 0 Å². The standard InChI is InChI=1S/C54H80N2/c1-4-7-10-13-16-17-18-21-24-25-52(44-28-32-46(33-29-44)53(26-22-19-14-11-8-5-2)48-36-40-50(55)41-37-48)45-30-34-47(35-31-45)54(27-23-20-15-12-9-6-3)49-38-42-51(56)43-39-49/h28-43,52-54H,4-27,55-56H2,1-3H3. The number of nitrogen functional groups attached to an aromatic ring is 2. The third-order valence-electron chi connectivity index (χ3n) is 12.4. The molecule has 0 aliphatic heterocycles. The molecule has 0 aliphatic carbocycles. The third-order valence-corrected chi connectivity index (χ3v) is 12.4. The van der Waals surface area contributed by atoms with Crippen molar-refractivity contribution in [1.29, 1.82) is 0 Å². The summed E-state index contributed by atoms with van der Waals surface area (Å²) in [5.74, 6) is 1.22. The largest absolute Gasteiger partial charge is 0.399 e. The molecule has 4 rings (SSSR count). The second kappa shape index (κ2) is 27.2. The van der Waals surface area contributed by atoms with Gasteiger partial charge in [-0.2, -0.15) is 0 Å². The highest BCUT2D eigenvalue weighted by Gasteiger charge is 2.20. The highest BCUT2D eigenvalue weighted by molar-refractivity contribution is 5.45. The molecule has 0 radical (unpaired) electrons. The van der Waals surface area contributed by atoms with Gasteiger partial charge in [-0.3, -0.25) is 0 Å². The van der Waals surface area contributed by atoms with E-state index in [0.717, 1.165) is 11.4 Å². The molecule has 0 aliphatic rings. The highest BCUT2D eigenvalue weighted by atomic mass is 14.5. The fourth-order valence-corrected chi connectivity index (χ4v) is 8.87. The molecule has 4 aromatic rings. The predicted molar refractivity (Wildman–Crippen MR) is 248 cm³/mol. The zero-order chi connectivity index (χ0) is 39.6. The molecule has 0 heterocycles. The summed E-state index contributed by atoms with van der Waals surface area (Å²) in [5.41, 5.74) is 22.5. The van der Waals surface area contributed by atoms with Crippen molar-refractivity contribution in [2.75, 3.05) is 11.5 Å². The fraction of sp³-hybridized carbons (Fsp3) is 0.556. The molecule has 0 aromatic heterocycles. The van der Waals surface area contributed by atoms with Crippen molar-refractivity contribution >= 4 is 11.4 Å². The van der Waals surface area contributed by atoms with E-state index in [9.17, 15) is 0 Å². The minimum Gasteiger partial charge on any atom is -0.399 e. The van der Waals surface area contributed by atoms with Crippen molar-refractivity contribution < 1.29 is 0 Å². The summed E-state index contributed by atoms with van der Waals surface area (Å²) in [6.45, 7) is 6.90. The van der Waals surface area contributed by atoms with Crippen LogP contribution in [0.1, 0.15) is 226 Å². The molecule has 56 heavy (non-hydrogen) atoms. The van der Waals surface area contributed by atoms with E-state index in [4.69, 9.17) is 11.5 Å².